The maximum Gasteiger partial charge on any atom is 0.306 e. The van der Waals surface area contributed by atoms with Crippen molar-refractivity contribution in [2.24, 2.45) is 0 Å². The summed E-state index contributed by atoms with van der Waals surface area (Å²) >= 11 is 0. The molecule has 0 unspecified atom stereocenters. The van der Waals surface area contributed by atoms with E-state index in [4.69, 9.17) is 0 Å². The van der Waals surface area contributed by atoms with Gasteiger partial charge in [-0.1, -0.05) is 12.1 Å². The fourth-order valence-electron chi connectivity index (χ4n) is 2.05. The molecule has 1 N–H and O–H groups in total. The van der Waals surface area contributed by atoms with Crippen LogP contribution in [0.15, 0.2) is 41.3 Å². The first-order chi connectivity index (χ1) is 11.1. The Hall–Kier alpha value is -3.08. The van der Waals surface area contributed by atoms with Gasteiger partial charge in [0, 0.05) is 12.1 Å². The smallest absolute Gasteiger partial charge is 0.279 e. The molecule has 9 nitrogen and oxygen atoms in total. The number of rotatable bonds is 5. The molecule has 11 heteroatoms. The molecule has 0 bridgehead atoms. The molecule has 0 aliphatic heterocycles. The van der Waals surface area contributed by atoms with Crippen molar-refractivity contribution in [1.29, 1.82) is 0 Å². The molecule has 0 atom stereocenters. The number of hydrogen-bond donors (Lipinski definition) is 1. The summed E-state index contributed by atoms with van der Waals surface area (Å²) in [4.78, 5) is 19.3. The van der Waals surface area contributed by atoms with Crippen molar-refractivity contribution < 1.29 is 22.7 Å². The molecule has 126 valence electrons. The van der Waals surface area contributed by atoms with Gasteiger partial charge >= 0.3 is 5.69 Å². The number of nitrogens with one attached hydrogen (secondary N) is 1. The Morgan fingerprint density at radius 1 is 1.04 bits per heavy atom. The van der Waals surface area contributed by atoms with Crippen LogP contribution < -0.4 is 4.72 Å². The lowest BCUT2D eigenvalue weighted by molar-refractivity contribution is -0.387. The standard InChI is InChI=1S/C13H10FN3O6S/c1-8-3-2-4-11(16(18)19)13(8)24(22,23)15-9-5-6-10(14)12(7-9)17(20)21/h2-7,15H,1H3. The highest BCUT2D eigenvalue weighted by molar-refractivity contribution is 7.93. The quantitative estimate of drug-likeness (QED) is 0.647. The molecular weight excluding hydrogens is 345 g/mol. The van der Waals surface area contributed by atoms with E-state index in [9.17, 15) is 33.0 Å². The number of nitrogens with zero attached hydrogens (tertiary/aromatic N) is 2. The molecule has 0 aliphatic carbocycles. The Labute approximate surface area is 135 Å². The van der Waals surface area contributed by atoms with E-state index in [0.29, 0.717) is 6.07 Å². The van der Waals surface area contributed by atoms with Crippen LogP contribution in [-0.2, 0) is 10.0 Å². The number of halogens is 1. The third-order valence-corrected chi connectivity index (χ3v) is 4.62. The molecule has 0 saturated heterocycles. The second kappa shape index (κ2) is 6.20. The average molecular weight is 355 g/mol. The summed E-state index contributed by atoms with van der Waals surface area (Å²) in [5.74, 6) is -1.13. The van der Waals surface area contributed by atoms with E-state index >= 15 is 0 Å². The number of nitro groups is 2. The zero-order chi connectivity index (χ0) is 18.1. The first-order valence-electron chi connectivity index (χ1n) is 6.34. The van der Waals surface area contributed by atoms with Gasteiger partial charge in [0.15, 0.2) is 4.90 Å². The zero-order valence-electron chi connectivity index (χ0n) is 12.1. The fourth-order valence-corrected chi connectivity index (χ4v) is 3.50. The Morgan fingerprint density at radius 3 is 2.25 bits per heavy atom. The molecule has 0 spiro atoms. The van der Waals surface area contributed by atoms with E-state index < -0.39 is 42.0 Å². The van der Waals surface area contributed by atoms with Crippen LogP contribution >= 0.6 is 0 Å². The minimum absolute atomic E-state index is 0.119. The van der Waals surface area contributed by atoms with Gasteiger partial charge in [0.05, 0.1) is 15.5 Å². The van der Waals surface area contributed by atoms with Crippen LogP contribution in [0.4, 0.5) is 21.5 Å². The Bertz CT molecular complexity index is 945. The minimum atomic E-state index is -4.41. The molecule has 0 fully saturated rings. The molecule has 2 rings (SSSR count). The van der Waals surface area contributed by atoms with Crippen LogP contribution in [-0.4, -0.2) is 18.3 Å². The lowest BCUT2D eigenvalue weighted by Gasteiger charge is -2.10. The summed E-state index contributed by atoms with van der Waals surface area (Å²) in [6.07, 6.45) is 0. The van der Waals surface area contributed by atoms with Crippen LogP contribution in [0.2, 0.25) is 0 Å². The van der Waals surface area contributed by atoms with E-state index in [2.05, 4.69) is 0 Å². The normalized spacial score (nSPS) is 11.1. The molecule has 0 saturated carbocycles. The van der Waals surface area contributed by atoms with Gasteiger partial charge in [0.25, 0.3) is 15.7 Å². The van der Waals surface area contributed by atoms with Crippen molar-refractivity contribution in [3.8, 4) is 0 Å². The lowest BCUT2D eigenvalue weighted by Crippen LogP contribution is -2.16. The zero-order valence-corrected chi connectivity index (χ0v) is 12.9. The lowest BCUT2D eigenvalue weighted by atomic mass is 10.2. The van der Waals surface area contributed by atoms with Gasteiger partial charge in [-0.3, -0.25) is 25.0 Å². The fraction of sp³-hybridized carbons (Fsp3) is 0.0769. The number of aryl methyl sites for hydroxylation is 1. The second-order valence-electron chi connectivity index (χ2n) is 4.71. The summed E-state index contributed by atoms with van der Waals surface area (Å²) in [7, 11) is -4.41. The Balaban J connectivity index is 2.53. The summed E-state index contributed by atoms with van der Waals surface area (Å²) in [5, 5.41) is 21.7. The van der Waals surface area contributed by atoms with Gasteiger partial charge in [-0.05, 0) is 24.6 Å². The highest BCUT2D eigenvalue weighted by atomic mass is 32.2. The molecule has 0 amide bonds. The minimum Gasteiger partial charge on any atom is -0.279 e. The van der Waals surface area contributed by atoms with E-state index in [-0.39, 0.29) is 11.3 Å². The SMILES string of the molecule is Cc1cccc([N+](=O)[O-])c1S(=O)(=O)Nc1ccc(F)c([N+](=O)[O-])c1. The van der Waals surface area contributed by atoms with Gasteiger partial charge in [0.2, 0.25) is 5.82 Å². The van der Waals surface area contributed by atoms with Crippen molar-refractivity contribution >= 4 is 27.1 Å². The van der Waals surface area contributed by atoms with Gasteiger partial charge in [-0.2, -0.15) is 4.39 Å². The van der Waals surface area contributed by atoms with Gasteiger partial charge in [0.1, 0.15) is 0 Å². The van der Waals surface area contributed by atoms with Crippen molar-refractivity contribution in [3.05, 3.63) is 68.0 Å². The predicted octanol–water partition coefficient (Wildman–Crippen LogP) is 2.75. The molecule has 24 heavy (non-hydrogen) atoms. The topological polar surface area (TPSA) is 132 Å². The Morgan fingerprint density at radius 2 is 1.67 bits per heavy atom. The molecule has 0 aromatic heterocycles. The number of nitro benzene ring substituents is 2. The average Bonchev–Trinajstić information content (AvgIpc) is 2.48. The highest BCUT2D eigenvalue weighted by Gasteiger charge is 2.28. The molecule has 0 heterocycles. The molecular formula is C13H10FN3O6S. The van der Waals surface area contributed by atoms with Crippen molar-refractivity contribution in [3.63, 3.8) is 0 Å². The van der Waals surface area contributed by atoms with Gasteiger partial charge in [-0.15, -0.1) is 0 Å². The summed E-state index contributed by atoms with van der Waals surface area (Å²) in [5.41, 5.74) is -1.73. The van der Waals surface area contributed by atoms with Crippen molar-refractivity contribution in [2.75, 3.05) is 4.72 Å². The summed E-state index contributed by atoms with van der Waals surface area (Å²) in [6, 6.07) is 6.11. The van der Waals surface area contributed by atoms with Gasteiger partial charge < -0.3 is 0 Å². The first-order valence-corrected chi connectivity index (χ1v) is 7.82. The maximum absolute atomic E-state index is 13.3. The van der Waals surface area contributed by atoms with Gasteiger partial charge in [-0.25, -0.2) is 8.42 Å². The predicted molar refractivity (Wildman–Crippen MR) is 81.7 cm³/mol. The molecule has 0 aliphatic rings. The Kier molecular flexibility index (Phi) is 4.46. The van der Waals surface area contributed by atoms with E-state index in [0.717, 1.165) is 18.2 Å². The van der Waals surface area contributed by atoms with E-state index in [1.807, 2.05) is 4.72 Å². The largest absolute Gasteiger partial charge is 0.306 e. The van der Waals surface area contributed by atoms with Crippen molar-refractivity contribution in [1.82, 2.24) is 0 Å². The van der Waals surface area contributed by atoms with Crippen LogP contribution in [0.25, 0.3) is 0 Å². The van der Waals surface area contributed by atoms with Crippen LogP contribution in [0.5, 0.6) is 0 Å². The number of sulfonamides is 1. The summed E-state index contributed by atoms with van der Waals surface area (Å²) in [6.45, 7) is 1.37. The molecule has 2 aromatic carbocycles. The monoisotopic (exact) mass is 355 g/mol. The maximum atomic E-state index is 13.3. The van der Waals surface area contributed by atoms with Crippen LogP contribution in [0, 0.1) is 33.0 Å². The van der Waals surface area contributed by atoms with Crippen molar-refractivity contribution in [2.45, 2.75) is 11.8 Å². The number of benzene rings is 2. The third-order valence-electron chi connectivity index (χ3n) is 3.05. The second-order valence-corrected chi connectivity index (χ2v) is 6.33. The van der Waals surface area contributed by atoms with E-state index in [1.165, 1.54) is 19.1 Å². The van der Waals surface area contributed by atoms with Crippen LogP contribution in [0.3, 0.4) is 0 Å². The van der Waals surface area contributed by atoms with E-state index in [1.54, 1.807) is 0 Å². The summed E-state index contributed by atoms with van der Waals surface area (Å²) < 4.78 is 40.2. The molecule has 2 aromatic rings. The highest BCUT2D eigenvalue weighted by Crippen LogP contribution is 2.30. The number of hydrogen-bond acceptors (Lipinski definition) is 6. The van der Waals surface area contributed by atoms with Crippen LogP contribution in [0.1, 0.15) is 5.56 Å². The first kappa shape index (κ1) is 17.3. The molecule has 0 radical (unpaired) electrons. The number of anilines is 1. The third kappa shape index (κ3) is 3.30.